The molecular weight excluding hydrogens is 376 g/mol. The van der Waals surface area contributed by atoms with Gasteiger partial charge in [-0.15, -0.1) is 0 Å². The fraction of sp³-hybridized carbons (Fsp3) is 0.476. The number of allylic oxidation sites excluding steroid dienone is 1. The molecule has 2 N–H and O–H groups in total. The first kappa shape index (κ1) is 20.7. The number of nitrogens with one attached hydrogen (secondary N) is 2. The highest BCUT2D eigenvalue weighted by Gasteiger charge is 2.15. The topological polar surface area (TPSA) is 103 Å². The van der Waals surface area contributed by atoms with Crippen LogP contribution in [0, 0.1) is 0 Å². The van der Waals surface area contributed by atoms with Crippen molar-refractivity contribution in [3.8, 4) is 11.5 Å². The van der Waals surface area contributed by atoms with Crippen LogP contribution in [0.15, 0.2) is 29.8 Å². The van der Waals surface area contributed by atoms with Crippen molar-refractivity contribution >= 4 is 17.9 Å². The Labute approximate surface area is 169 Å². The van der Waals surface area contributed by atoms with Crippen LogP contribution in [0.4, 0.5) is 4.79 Å². The Bertz CT molecular complexity index is 789. The van der Waals surface area contributed by atoms with Crippen LogP contribution < -0.4 is 20.1 Å². The van der Waals surface area contributed by atoms with E-state index in [-0.39, 0.29) is 6.42 Å². The van der Waals surface area contributed by atoms with E-state index < -0.39 is 24.5 Å². The predicted molar refractivity (Wildman–Crippen MR) is 105 cm³/mol. The summed E-state index contributed by atoms with van der Waals surface area (Å²) in [5, 5.41) is 4.79. The molecule has 0 radical (unpaired) electrons. The van der Waals surface area contributed by atoms with Gasteiger partial charge in [-0.2, -0.15) is 0 Å². The van der Waals surface area contributed by atoms with Gasteiger partial charge >= 0.3 is 12.0 Å². The molecule has 29 heavy (non-hydrogen) atoms. The number of amides is 3. The van der Waals surface area contributed by atoms with E-state index in [4.69, 9.17) is 14.2 Å². The molecule has 2 aliphatic rings. The molecule has 8 heteroatoms. The third-order valence-corrected chi connectivity index (χ3v) is 4.69. The van der Waals surface area contributed by atoms with E-state index in [1.54, 1.807) is 18.2 Å². The molecule has 1 aliphatic heterocycles. The highest BCUT2D eigenvalue weighted by molar-refractivity contribution is 5.95. The molecule has 0 fully saturated rings. The second-order valence-electron chi connectivity index (χ2n) is 6.98. The zero-order valence-electron chi connectivity index (χ0n) is 16.3. The Morgan fingerprint density at radius 1 is 1.07 bits per heavy atom. The molecule has 8 nitrogen and oxygen atoms in total. The van der Waals surface area contributed by atoms with Gasteiger partial charge in [0.05, 0.1) is 6.42 Å². The first-order chi connectivity index (χ1) is 14.1. The second-order valence-corrected chi connectivity index (χ2v) is 6.98. The Morgan fingerprint density at radius 2 is 1.90 bits per heavy atom. The molecule has 0 saturated heterocycles. The molecule has 1 aromatic rings. The summed E-state index contributed by atoms with van der Waals surface area (Å²) in [5.41, 5.74) is 2.03. The van der Waals surface area contributed by atoms with Gasteiger partial charge in [-0.3, -0.25) is 14.9 Å². The third-order valence-electron chi connectivity index (χ3n) is 4.69. The highest BCUT2D eigenvalue weighted by atomic mass is 16.6. The molecule has 0 spiro atoms. The quantitative estimate of drug-likeness (QED) is 0.536. The lowest BCUT2D eigenvalue weighted by Crippen LogP contribution is -2.41. The highest BCUT2D eigenvalue weighted by Crippen LogP contribution is 2.30. The van der Waals surface area contributed by atoms with Crippen molar-refractivity contribution < 1.29 is 28.6 Å². The van der Waals surface area contributed by atoms with Gasteiger partial charge < -0.3 is 19.5 Å². The number of carbonyl (C=O) groups excluding carboxylic acids is 3. The maximum atomic E-state index is 11.9. The van der Waals surface area contributed by atoms with Gasteiger partial charge in [0, 0.05) is 6.54 Å². The lowest BCUT2D eigenvalue weighted by Gasteiger charge is -2.18. The summed E-state index contributed by atoms with van der Waals surface area (Å²) in [7, 11) is 0. The maximum Gasteiger partial charge on any atom is 0.321 e. The standard InChI is InChI=1S/C21H26N2O6/c24-19(23-21(26)22-9-8-15-4-2-1-3-5-15)14-29-20(25)13-16-6-7-17-18(12-16)28-11-10-27-17/h4,6-7,12H,1-3,5,8-11,13-14H2,(H2,22,23,24,26). The van der Waals surface area contributed by atoms with Gasteiger partial charge in [0.1, 0.15) is 13.2 Å². The molecule has 0 bridgehead atoms. The van der Waals surface area contributed by atoms with E-state index >= 15 is 0 Å². The van der Waals surface area contributed by atoms with E-state index in [2.05, 4.69) is 16.7 Å². The summed E-state index contributed by atoms with van der Waals surface area (Å²) in [6, 6.07) is 4.60. The van der Waals surface area contributed by atoms with Gasteiger partial charge in [0.2, 0.25) is 0 Å². The van der Waals surface area contributed by atoms with Crippen LogP contribution in [0.2, 0.25) is 0 Å². The Morgan fingerprint density at radius 3 is 2.69 bits per heavy atom. The zero-order chi connectivity index (χ0) is 20.5. The normalized spacial score (nSPS) is 15.1. The van der Waals surface area contributed by atoms with Crippen LogP contribution in [-0.4, -0.2) is 44.3 Å². The van der Waals surface area contributed by atoms with Gasteiger partial charge in [-0.25, -0.2) is 4.79 Å². The fourth-order valence-electron chi connectivity index (χ4n) is 3.24. The summed E-state index contributed by atoms with van der Waals surface area (Å²) in [6.45, 7) is 0.909. The van der Waals surface area contributed by atoms with Gasteiger partial charge in [0.25, 0.3) is 5.91 Å². The second kappa shape index (κ2) is 10.5. The van der Waals surface area contributed by atoms with E-state index in [9.17, 15) is 14.4 Å². The minimum atomic E-state index is -0.671. The average Bonchev–Trinajstić information content (AvgIpc) is 2.73. The number of benzene rings is 1. The minimum absolute atomic E-state index is 0.00870. The number of urea groups is 1. The molecule has 3 amide bonds. The summed E-state index contributed by atoms with van der Waals surface area (Å²) in [6.07, 6.45) is 7.57. The SMILES string of the molecule is O=C(COC(=O)Cc1ccc2c(c1)OCCO2)NC(=O)NCCC1=CCCCC1. The first-order valence-corrected chi connectivity index (χ1v) is 9.90. The summed E-state index contributed by atoms with van der Waals surface area (Å²) < 4.78 is 15.8. The molecule has 0 unspecified atom stereocenters. The van der Waals surface area contributed by atoms with Crippen LogP contribution in [0.5, 0.6) is 11.5 Å². The number of imide groups is 1. The van der Waals surface area contributed by atoms with Crippen molar-refractivity contribution in [3.05, 3.63) is 35.4 Å². The molecule has 1 aromatic carbocycles. The van der Waals surface area contributed by atoms with Crippen LogP contribution in [0.25, 0.3) is 0 Å². The number of ether oxygens (including phenoxy) is 3. The molecular formula is C21H26N2O6. The Hall–Kier alpha value is -3.03. The average molecular weight is 402 g/mol. The number of rotatable bonds is 7. The van der Waals surface area contributed by atoms with Crippen molar-refractivity contribution in [2.75, 3.05) is 26.4 Å². The summed E-state index contributed by atoms with van der Waals surface area (Å²) in [5.74, 6) is -0.0186. The maximum absolute atomic E-state index is 11.9. The number of fused-ring (bicyclic) bond motifs is 1. The monoisotopic (exact) mass is 402 g/mol. The predicted octanol–water partition coefficient (Wildman–Crippen LogP) is 2.26. The van der Waals surface area contributed by atoms with Crippen LogP contribution >= 0.6 is 0 Å². The molecule has 0 atom stereocenters. The third kappa shape index (κ3) is 6.81. The van der Waals surface area contributed by atoms with Gasteiger partial charge in [-0.05, 0) is 49.8 Å². The van der Waals surface area contributed by atoms with Crippen molar-refractivity contribution in [1.29, 1.82) is 0 Å². The molecule has 1 heterocycles. The molecule has 156 valence electrons. The fourth-order valence-corrected chi connectivity index (χ4v) is 3.24. The Kier molecular flexibility index (Phi) is 7.49. The summed E-state index contributed by atoms with van der Waals surface area (Å²) in [4.78, 5) is 35.4. The smallest absolute Gasteiger partial charge is 0.321 e. The molecule has 1 aliphatic carbocycles. The van der Waals surface area contributed by atoms with Crippen LogP contribution in [0.1, 0.15) is 37.7 Å². The molecule has 0 aromatic heterocycles. The van der Waals surface area contributed by atoms with Crippen molar-refractivity contribution in [2.45, 2.75) is 38.5 Å². The van der Waals surface area contributed by atoms with Crippen LogP contribution in [0.3, 0.4) is 0 Å². The first-order valence-electron chi connectivity index (χ1n) is 9.90. The van der Waals surface area contributed by atoms with Crippen molar-refractivity contribution in [2.24, 2.45) is 0 Å². The number of hydrogen-bond acceptors (Lipinski definition) is 6. The van der Waals surface area contributed by atoms with E-state index in [0.29, 0.717) is 36.8 Å². The van der Waals surface area contributed by atoms with Gasteiger partial charge in [-0.1, -0.05) is 17.7 Å². The lowest BCUT2D eigenvalue weighted by atomic mass is 9.97. The van der Waals surface area contributed by atoms with Crippen molar-refractivity contribution in [1.82, 2.24) is 10.6 Å². The van der Waals surface area contributed by atoms with E-state index in [1.165, 1.54) is 18.4 Å². The number of esters is 1. The van der Waals surface area contributed by atoms with Crippen molar-refractivity contribution in [3.63, 3.8) is 0 Å². The minimum Gasteiger partial charge on any atom is -0.486 e. The lowest BCUT2D eigenvalue weighted by molar-refractivity contribution is -0.147. The largest absolute Gasteiger partial charge is 0.486 e. The number of hydrogen-bond donors (Lipinski definition) is 2. The molecule has 0 saturated carbocycles. The summed E-state index contributed by atoms with van der Waals surface area (Å²) >= 11 is 0. The Balaban J connectivity index is 1.32. The number of carbonyl (C=O) groups is 3. The van der Waals surface area contributed by atoms with Gasteiger partial charge in [0.15, 0.2) is 18.1 Å². The van der Waals surface area contributed by atoms with E-state index in [0.717, 1.165) is 19.3 Å². The van der Waals surface area contributed by atoms with E-state index in [1.807, 2.05) is 0 Å². The molecule has 3 rings (SSSR count). The van der Waals surface area contributed by atoms with Crippen LogP contribution in [-0.2, 0) is 20.7 Å². The zero-order valence-corrected chi connectivity index (χ0v) is 16.3.